The Morgan fingerprint density at radius 3 is 2.36 bits per heavy atom. The standard InChI is InChI=1S/C36H35N3O4S2/c1-23-32(22-44-36-39-38-24(2)45-36)42-35(43-33(23)27-16-14-25(21-40)15-17-27)31-13-7-12-30(19-31)29-11-6-8-26(18-29)20-37-34(41)28-9-4-3-5-10-28/h3-19,23,32-33,35,40H,20-22H2,1-2H3,(H,37,41)/t23-,32+,33+,35+/m1/s1. The Bertz CT molecular complexity index is 1730. The Labute approximate surface area is 271 Å². The van der Waals surface area contributed by atoms with Gasteiger partial charge in [-0.1, -0.05) is 109 Å². The van der Waals surface area contributed by atoms with E-state index in [1.807, 2.05) is 85.8 Å². The molecule has 230 valence electrons. The molecule has 1 saturated heterocycles. The highest BCUT2D eigenvalue weighted by Gasteiger charge is 2.38. The van der Waals surface area contributed by atoms with E-state index in [4.69, 9.17) is 9.47 Å². The predicted octanol–water partition coefficient (Wildman–Crippen LogP) is 7.52. The number of aliphatic hydroxyl groups is 1. The van der Waals surface area contributed by atoms with Crippen LogP contribution in [0, 0.1) is 12.8 Å². The van der Waals surface area contributed by atoms with Crippen LogP contribution in [0.15, 0.2) is 107 Å². The number of nitrogens with one attached hydrogen (secondary N) is 1. The van der Waals surface area contributed by atoms with E-state index in [2.05, 4.69) is 46.7 Å². The minimum Gasteiger partial charge on any atom is -0.392 e. The number of carbonyl (C=O) groups is 1. The number of aromatic nitrogens is 2. The van der Waals surface area contributed by atoms with E-state index in [1.165, 1.54) is 0 Å². The molecule has 0 bridgehead atoms. The monoisotopic (exact) mass is 637 g/mol. The quantitative estimate of drug-likeness (QED) is 0.153. The summed E-state index contributed by atoms with van der Waals surface area (Å²) in [7, 11) is 0. The van der Waals surface area contributed by atoms with Crippen LogP contribution in [0.2, 0.25) is 0 Å². The molecule has 2 N–H and O–H groups in total. The van der Waals surface area contributed by atoms with Crippen molar-refractivity contribution in [3.8, 4) is 11.1 Å². The largest absolute Gasteiger partial charge is 0.392 e. The molecular formula is C36H35N3O4S2. The number of thioether (sulfide) groups is 1. The number of rotatable bonds is 10. The summed E-state index contributed by atoms with van der Waals surface area (Å²) in [6.07, 6.45) is -0.863. The lowest BCUT2D eigenvalue weighted by atomic mass is 9.91. The van der Waals surface area contributed by atoms with Crippen LogP contribution in [0.5, 0.6) is 0 Å². The van der Waals surface area contributed by atoms with Crippen molar-refractivity contribution in [2.75, 3.05) is 5.75 Å². The van der Waals surface area contributed by atoms with Gasteiger partial charge in [0.25, 0.3) is 5.91 Å². The van der Waals surface area contributed by atoms with Gasteiger partial charge in [0.2, 0.25) is 0 Å². The maximum atomic E-state index is 12.6. The first-order valence-corrected chi connectivity index (χ1v) is 16.7. The highest BCUT2D eigenvalue weighted by atomic mass is 32.2. The topological polar surface area (TPSA) is 93.6 Å². The summed E-state index contributed by atoms with van der Waals surface area (Å²) in [4.78, 5) is 12.6. The minimum atomic E-state index is -0.571. The third-order valence-electron chi connectivity index (χ3n) is 7.91. The van der Waals surface area contributed by atoms with Crippen molar-refractivity contribution in [3.63, 3.8) is 0 Å². The van der Waals surface area contributed by atoms with E-state index in [1.54, 1.807) is 23.1 Å². The summed E-state index contributed by atoms with van der Waals surface area (Å²) in [5, 5.41) is 22.0. The van der Waals surface area contributed by atoms with Gasteiger partial charge in [0.05, 0.1) is 18.8 Å². The highest BCUT2D eigenvalue weighted by molar-refractivity contribution is 8.01. The number of carbonyl (C=O) groups excluding carboxylic acids is 1. The molecule has 4 aromatic carbocycles. The predicted molar refractivity (Wildman–Crippen MR) is 178 cm³/mol. The molecule has 0 saturated carbocycles. The highest BCUT2D eigenvalue weighted by Crippen LogP contribution is 2.43. The molecule has 6 rings (SSSR count). The Kier molecular flexibility index (Phi) is 10.0. The first-order valence-electron chi connectivity index (χ1n) is 14.9. The van der Waals surface area contributed by atoms with Crippen LogP contribution in [0.4, 0.5) is 0 Å². The average Bonchev–Trinajstić information content (AvgIpc) is 3.52. The first-order chi connectivity index (χ1) is 22.0. The maximum Gasteiger partial charge on any atom is 0.251 e. The van der Waals surface area contributed by atoms with Gasteiger partial charge in [-0.25, -0.2) is 0 Å². The number of amides is 1. The average molecular weight is 638 g/mol. The van der Waals surface area contributed by atoms with Crippen molar-refractivity contribution in [1.29, 1.82) is 0 Å². The molecule has 45 heavy (non-hydrogen) atoms. The SMILES string of the molecule is Cc1nnc(SC[C@@H]2O[C@H](c3cccc(-c4cccc(CNC(=O)c5ccccc5)c4)c3)O[C@H](c3ccc(CO)cc3)[C@@H]2C)s1. The van der Waals surface area contributed by atoms with Crippen LogP contribution >= 0.6 is 23.1 Å². The number of ether oxygens (including phenoxy) is 2. The van der Waals surface area contributed by atoms with Gasteiger partial charge in [0, 0.05) is 29.3 Å². The van der Waals surface area contributed by atoms with Crippen LogP contribution in [0.25, 0.3) is 11.1 Å². The Balaban J connectivity index is 1.22. The number of benzene rings is 4. The molecule has 1 amide bonds. The van der Waals surface area contributed by atoms with Crippen LogP contribution in [0.1, 0.15) is 56.9 Å². The fourth-order valence-corrected chi connectivity index (χ4v) is 7.40. The fraction of sp³-hybridized carbons (Fsp3) is 0.250. The van der Waals surface area contributed by atoms with Crippen molar-refractivity contribution in [3.05, 3.63) is 136 Å². The van der Waals surface area contributed by atoms with Gasteiger partial charge in [0.15, 0.2) is 10.6 Å². The lowest BCUT2D eigenvalue weighted by Crippen LogP contribution is -2.38. The van der Waals surface area contributed by atoms with Gasteiger partial charge in [-0.3, -0.25) is 4.79 Å². The number of aliphatic hydroxyl groups excluding tert-OH is 1. The van der Waals surface area contributed by atoms with Crippen molar-refractivity contribution in [2.24, 2.45) is 5.92 Å². The zero-order valence-corrected chi connectivity index (χ0v) is 26.8. The Morgan fingerprint density at radius 2 is 1.62 bits per heavy atom. The molecule has 1 aromatic heterocycles. The van der Waals surface area contributed by atoms with Gasteiger partial charge in [-0.2, -0.15) is 0 Å². The fourth-order valence-electron chi connectivity index (χ4n) is 5.40. The molecule has 0 aliphatic carbocycles. The van der Waals surface area contributed by atoms with E-state index in [0.717, 1.165) is 48.5 Å². The van der Waals surface area contributed by atoms with Gasteiger partial charge in [-0.05, 0) is 59.0 Å². The Morgan fingerprint density at radius 1 is 0.867 bits per heavy atom. The summed E-state index contributed by atoms with van der Waals surface area (Å²) in [5.41, 5.74) is 6.58. The molecule has 1 fully saturated rings. The van der Waals surface area contributed by atoms with E-state index in [0.29, 0.717) is 12.1 Å². The molecule has 7 nitrogen and oxygen atoms in total. The summed E-state index contributed by atoms with van der Waals surface area (Å²) in [5.74, 6) is 0.698. The lowest BCUT2D eigenvalue weighted by Gasteiger charge is -2.41. The zero-order valence-electron chi connectivity index (χ0n) is 25.1. The number of aryl methyl sites for hydroxylation is 1. The Hall–Kier alpha value is -3.86. The number of hydrogen-bond donors (Lipinski definition) is 2. The minimum absolute atomic E-state index is 0.00101. The van der Waals surface area contributed by atoms with Crippen molar-refractivity contribution in [1.82, 2.24) is 15.5 Å². The number of nitrogens with zero attached hydrogens (tertiary/aromatic N) is 2. The number of hydrogen-bond acceptors (Lipinski definition) is 8. The van der Waals surface area contributed by atoms with Crippen molar-refractivity contribution in [2.45, 2.75) is 49.8 Å². The van der Waals surface area contributed by atoms with Crippen LogP contribution in [-0.4, -0.2) is 33.1 Å². The van der Waals surface area contributed by atoms with Gasteiger partial charge in [0.1, 0.15) is 5.01 Å². The van der Waals surface area contributed by atoms with Crippen LogP contribution < -0.4 is 5.32 Å². The van der Waals surface area contributed by atoms with Crippen molar-refractivity contribution >= 4 is 29.0 Å². The zero-order chi connectivity index (χ0) is 31.2. The molecule has 0 unspecified atom stereocenters. The molecular weight excluding hydrogens is 603 g/mol. The summed E-state index contributed by atoms with van der Waals surface area (Å²) < 4.78 is 14.3. The van der Waals surface area contributed by atoms with E-state index in [-0.39, 0.29) is 30.6 Å². The second-order valence-corrected chi connectivity index (χ2v) is 13.5. The smallest absolute Gasteiger partial charge is 0.251 e. The molecule has 1 aliphatic rings. The molecule has 5 aromatic rings. The molecule has 4 atom stereocenters. The summed E-state index contributed by atoms with van der Waals surface area (Å²) >= 11 is 3.25. The van der Waals surface area contributed by atoms with E-state index < -0.39 is 6.29 Å². The lowest BCUT2D eigenvalue weighted by molar-refractivity contribution is -0.268. The third kappa shape index (κ3) is 7.69. The second-order valence-electron chi connectivity index (χ2n) is 11.1. The maximum absolute atomic E-state index is 12.6. The molecule has 0 radical (unpaired) electrons. The third-order valence-corrected chi connectivity index (χ3v) is 9.97. The van der Waals surface area contributed by atoms with Gasteiger partial charge < -0.3 is 19.9 Å². The first kappa shape index (κ1) is 31.1. The van der Waals surface area contributed by atoms with Crippen molar-refractivity contribution < 1.29 is 19.4 Å². The van der Waals surface area contributed by atoms with E-state index >= 15 is 0 Å². The summed E-state index contributed by atoms with van der Waals surface area (Å²) in [6, 6.07) is 33.6. The second kappa shape index (κ2) is 14.5. The normalized spacial score (nSPS) is 19.7. The summed E-state index contributed by atoms with van der Waals surface area (Å²) in [6.45, 7) is 4.55. The van der Waals surface area contributed by atoms with Crippen LogP contribution in [-0.2, 0) is 22.6 Å². The van der Waals surface area contributed by atoms with Crippen LogP contribution in [0.3, 0.4) is 0 Å². The van der Waals surface area contributed by atoms with Gasteiger partial charge >= 0.3 is 0 Å². The molecule has 1 aliphatic heterocycles. The molecule has 9 heteroatoms. The molecule has 2 heterocycles. The molecule has 0 spiro atoms. The van der Waals surface area contributed by atoms with E-state index in [9.17, 15) is 9.90 Å². The van der Waals surface area contributed by atoms with Gasteiger partial charge in [-0.15, -0.1) is 10.2 Å².